The number of benzene rings is 1. The van der Waals surface area contributed by atoms with E-state index in [1.165, 1.54) is 0 Å². The van der Waals surface area contributed by atoms with Crippen molar-refractivity contribution < 1.29 is 18.7 Å². The van der Waals surface area contributed by atoms with Gasteiger partial charge in [0.2, 0.25) is 0 Å². The molecule has 130 valence electrons. The standard InChI is InChI=1S/C19H24O5/c1-3-5-11-23-18(20)9-7-15-12-14-6-8-16(22-10-4-2)13-17(14)24-19(15)21/h6,8,12-13H,3-5,7,9-11H2,1-2H3. The van der Waals surface area contributed by atoms with Gasteiger partial charge >= 0.3 is 11.6 Å². The zero-order valence-corrected chi connectivity index (χ0v) is 14.3. The van der Waals surface area contributed by atoms with Crippen molar-refractivity contribution in [2.45, 2.75) is 46.0 Å². The molecule has 2 rings (SSSR count). The first-order valence-corrected chi connectivity index (χ1v) is 8.49. The second-order valence-electron chi connectivity index (χ2n) is 5.68. The van der Waals surface area contributed by atoms with Crippen molar-refractivity contribution >= 4 is 16.9 Å². The van der Waals surface area contributed by atoms with E-state index in [4.69, 9.17) is 13.9 Å². The van der Waals surface area contributed by atoms with Gasteiger partial charge in [0, 0.05) is 23.4 Å². The number of carbonyl (C=O) groups excluding carboxylic acids is 1. The molecule has 0 aliphatic carbocycles. The number of unbranched alkanes of at least 4 members (excludes halogenated alkanes) is 1. The zero-order valence-electron chi connectivity index (χ0n) is 14.3. The molecular weight excluding hydrogens is 308 g/mol. The van der Waals surface area contributed by atoms with Crippen molar-refractivity contribution in [2.75, 3.05) is 13.2 Å². The fourth-order valence-corrected chi connectivity index (χ4v) is 2.26. The lowest BCUT2D eigenvalue weighted by Gasteiger charge is -2.06. The Morgan fingerprint density at radius 1 is 1.12 bits per heavy atom. The maximum atomic E-state index is 12.1. The highest BCUT2D eigenvalue weighted by molar-refractivity contribution is 5.78. The van der Waals surface area contributed by atoms with Crippen LogP contribution in [0.3, 0.4) is 0 Å². The topological polar surface area (TPSA) is 65.7 Å². The molecule has 0 aliphatic heterocycles. The monoisotopic (exact) mass is 332 g/mol. The summed E-state index contributed by atoms with van der Waals surface area (Å²) in [5, 5.41) is 0.813. The number of rotatable bonds is 9. The van der Waals surface area contributed by atoms with Crippen LogP contribution in [-0.2, 0) is 16.0 Å². The van der Waals surface area contributed by atoms with Gasteiger partial charge in [0.15, 0.2) is 0 Å². The third-order valence-electron chi connectivity index (χ3n) is 3.61. The Hall–Kier alpha value is -2.30. The molecule has 0 aliphatic rings. The van der Waals surface area contributed by atoms with E-state index in [0.717, 1.165) is 24.6 Å². The van der Waals surface area contributed by atoms with Crippen molar-refractivity contribution in [3.63, 3.8) is 0 Å². The largest absolute Gasteiger partial charge is 0.493 e. The third-order valence-corrected chi connectivity index (χ3v) is 3.61. The highest BCUT2D eigenvalue weighted by Gasteiger charge is 2.10. The Balaban J connectivity index is 2.05. The van der Waals surface area contributed by atoms with Crippen LogP contribution in [0.5, 0.6) is 5.75 Å². The average molecular weight is 332 g/mol. The van der Waals surface area contributed by atoms with Crippen LogP contribution in [0, 0.1) is 0 Å². The van der Waals surface area contributed by atoms with Crippen LogP contribution in [0.1, 0.15) is 45.1 Å². The molecule has 0 saturated heterocycles. The summed E-state index contributed by atoms with van der Waals surface area (Å²) in [6.07, 6.45) is 3.24. The number of esters is 1. The molecule has 0 atom stereocenters. The van der Waals surface area contributed by atoms with Crippen LogP contribution in [0.25, 0.3) is 11.0 Å². The van der Waals surface area contributed by atoms with Crippen molar-refractivity contribution in [1.29, 1.82) is 0 Å². The Labute approximate surface area is 141 Å². The summed E-state index contributed by atoms with van der Waals surface area (Å²) in [5.41, 5.74) is 0.552. The van der Waals surface area contributed by atoms with E-state index in [2.05, 4.69) is 0 Å². The van der Waals surface area contributed by atoms with E-state index in [-0.39, 0.29) is 12.4 Å². The van der Waals surface area contributed by atoms with Crippen LogP contribution in [0.4, 0.5) is 0 Å². The van der Waals surface area contributed by atoms with Gasteiger partial charge in [-0.05, 0) is 37.5 Å². The van der Waals surface area contributed by atoms with Gasteiger partial charge in [-0.15, -0.1) is 0 Å². The SMILES string of the molecule is CCCCOC(=O)CCc1cc2ccc(OCCC)cc2oc1=O. The molecule has 0 spiro atoms. The van der Waals surface area contributed by atoms with Gasteiger partial charge in [0.25, 0.3) is 0 Å². The molecule has 1 aromatic heterocycles. The van der Waals surface area contributed by atoms with E-state index in [1.54, 1.807) is 12.1 Å². The van der Waals surface area contributed by atoms with Gasteiger partial charge in [0.05, 0.1) is 13.2 Å². The van der Waals surface area contributed by atoms with Crippen molar-refractivity contribution in [1.82, 2.24) is 0 Å². The second kappa shape index (κ2) is 9.11. The molecule has 5 nitrogen and oxygen atoms in total. The second-order valence-corrected chi connectivity index (χ2v) is 5.68. The third kappa shape index (κ3) is 5.11. The maximum Gasteiger partial charge on any atom is 0.339 e. The Morgan fingerprint density at radius 3 is 2.71 bits per heavy atom. The number of ether oxygens (including phenoxy) is 2. The summed E-state index contributed by atoms with van der Waals surface area (Å²) in [6.45, 7) is 5.11. The van der Waals surface area contributed by atoms with Crippen molar-refractivity contribution in [2.24, 2.45) is 0 Å². The van der Waals surface area contributed by atoms with Crippen LogP contribution < -0.4 is 10.4 Å². The summed E-state index contributed by atoms with van der Waals surface area (Å²) in [4.78, 5) is 23.7. The Bertz CT molecular complexity index is 732. The quantitative estimate of drug-likeness (QED) is 0.396. The lowest BCUT2D eigenvalue weighted by Crippen LogP contribution is -2.12. The lowest BCUT2D eigenvalue weighted by molar-refractivity contribution is -0.143. The number of hydrogen-bond donors (Lipinski definition) is 0. The maximum absolute atomic E-state index is 12.1. The van der Waals surface area contributed by atoms with Gasteiger partial charge in [-0.2, -0.15) is 0 Å². The van der Waals surface area contributed by atoms with Crippen LogP contribution in [0.15, 0.2) is 33.5 Å². The van der Waals surface area contributed by atoms with Gasteiger partial charge in [-0.1, -0.05) is 20.3 Å². The molecule has 0 unspecified atom stereocenters. The number of fused-ring (bicyclic) bond motifs is 1. The van der Waals surface area contributed by atoms with E-state index in [9.17, 15) is 9.59 Å². The predicted octanol–water partition coefficient (Wildman–Crippen LogP) is 3.86. The van der Waals surface area contributed by atoms with Gasteiger partial charge in [0.1, 0.15) is 11.3 Å². The minimum atomic E-state index is -0.420. The van der Waals surface area contributed by atoms with Crippen molar-refractivity contribution in [3.8, 4) is 5.75 Å². The molecule has 1 aromatic carbocycles. The number of aryl methyl sites for hydroxylation is 1. The van der Waals surface area contributed by atoms with E-state index >= 15 is 0 Å². The fraction of sp³-hybridized carbons (Fsp3) is 0.474. The first kappa shape index (κ1) is 18.0. The molecule has 0 amide bonds. The molecule has 1 heterocycles. The number of carbonyl (C=O) groups is 1. The van der Waals surface area contributed by atoms with Crippen LogP contribution >= 0.6 is 0 Å². The van der Waals surface area contributed by atoms with Crippen LogP contribution in [0.2, 0.25) is 0 Å². The lowest BCUT2D eigenvalue weighted by atomic mass is 10.1. The van der Waals surface area contributed by atoms with Gasteiger partial charge in [-0.3, -0.25) is 4.79 Å². The molecule has 5 heteroatoms. The highest BCUT2D eigenvalue weighted by atomic mass is 16.5. The first-order valence-electron chi connectivity index (χ1n) is 8.49. The predicted molar refractivity (Wildman–Crippen MR) is 92.5 cm³/mol. The van der Waals surface area contributed by atoms with Gasteiger partial charge < -0.3 is 13.9 Å². The molecule has 24 heavy (non-hydrogen) atoms. The molecule has 0 saturated carbocycles. The highest BCUT2D eigenvalue weighted by Crippen LogP contribution is 2.21. The van der Waals surface area contributed by atoms with E-state index in [0.29, 0.717) is 36.5 Å². The average Bonchev–Trinajstić information content (AvgIpc) is 2.58. The first-order chi connectivity index (χ1) is 11.6. The smallest absolute Gasteiger partial charge is 0.339 e. The molecule has 0 fully saturated rings. The normalized spacial score (nSPS) is 10.8. The molecule has 0 radical (unpaired) electrons. The summed E-state index contributed by atoms with van der Waals surface area (Å²) in [6, 6.07) is 7.19. The summed E-state index contributed by atoms with van der Waals surface area (Å²) >= 11 is 0. The van der Waals surface area contributed by atoms with Crippen molar-refractivity contribution in [3.05, 3.63) is 40.2 Å². The Morgan fingerprint density at radius 2 is 1.96 bits per heavy atom. The Kier molecular flexibility index (Phi) is 6.85. The zero-order chi connectivity index (χ0) is 17.4. The molecule has 0 N–H and O–H groups in total. The molecule has 0 bridgehead atoms. The summed E-state index contributed by atoms with van der Waals surface area (Å²) < 4.78 is 16.0. The van der Waals surface area contributed by atoms with E-state index in [1.807, 2.05) is 26.0 Å². The fourth-order valence-electron chi connectivity index (χ4n) is 2.26. The van der Waals surface area contributed by atoms with Crippen LogP contribution in [-0.4, -0.2) is 19.2 Å². The van der Waals surface area contributed by atoms with Gasteiger partial charge in [-0.25, -0.2) is 4.79 Å². The van der Waals surface area contributed by atoms with E-state index < -0.39 is 5.63 Å². The minimum Gasteiger partial charge on any atom is -0.493 e. The number of hydrogen-bond acceptors (Lipinski definition) is 5. The summed E-state index contributed by atoms with van der Waals surface area (Å²) in [5.74, 6) is 0.394. The molecular formula is C19H24O5. The minimum absolute atomic E-state index is 0.178. The molecule has 2 aromatic rings. The summed E-state index contributed by atoms with van der Waals surface area (Å²) in [7, 11) is 0.